The van der Waals surface area contributed by atoms with Crippen molar-refractivity contribution < 1.29 is 30.7 Å². The fourth-order valence-corrected chi connectivity index (χ4v) is 1.95. The van der Waals surface area contributed by atoms with Crippen molar-refractivity contribution in [3.63, 3.8) is 0 Å². The Hall–Kier alpha value is -1.02. The Morgan fingerprint density at radius 3 is 2.00 bits per heavy atom. The Labute approximate surface area is 114 Å². The van der Waals surface area contributed by atoms with Crippen molar-refractivity contribution in [1.29, 1.82) is 0 Å². The van der Waals surface area contributed by atoms with Gasteiger partial charge in [-0.15, -0.1) is 0 Å². The maximum atomic E-state index is 13.1. The lowest BCUT2D eigenvalue weighted by atomic mass is 9.93. The van der Waals surface area contributed by atoms with Crippen molar-refractivity contribution in [2.24, 2.45) is 11.7 Å². The Morgan fingerprint density at radius 2 is 1.55 bits per heavy atom. The van der Waals surface area contributed by atoms with Crippen LogP contribution in [0.5, 0.6) is 0 Å². The predicted molar refractivity (Wildman–Crippen MR) is 58.7 cm³/mol. The van der Waals surface area contributed by atoms with Gasteiger partial charge in [-0.2, -0.15) is 26.3 Å². The molecule has 1 rings (SSSR count). The van der Waals surface area contributed by atoms with Crippen LogP contribution >= 0.6 is 11.6 Å². The number of hydrogen-bond acceptors (Lipinski definition) is 1. The summed E-state index contributed by atoms with van der Waals surface area (Å²) in [7, 11) is 0. The number of benzene rings is 1. The molecular formula is C11H9ClF7N. The van der Waals surface area contributed by atoms with Crippen molar-refractivity contribution in [2.75, 3.05) is 0 Å². The van der Waals surface area contributed by atoms with E-state index >= 15 is 0 Å². The largest absolute Gasteiger partial charge is 0.402 e. The number of nitrogens with two attached hydrogens (primary N) is 1. The molecule has 2 N–H and O–H groups in total. The van der Waals surface area contributed by atoms with Crippen molar-refractivity contribution in [2.45, 2.75) is 24.8 Å². The third kappa shape index (κ3) is 3.99. The Kier molecular flexibility index (Phi) is 4.91. The van der Waals surface area contributed by atoms with Crippen LogP contribution in [0.1, 0.15) is 5.56 Å². The molecule has 0 fully saturated rings. The lowest BCUT2D eigenvalue weighted by Gasteiger charge is -2.28. The summed E-state index contributed by atoms with van der Waals surface area (Å²) in [6, 6.07) is 0.867. The lowest BCUT2D eigenvalue weighted by Crippen LogP contribution is -2.49. The zero-order valence-electron chi connectivity index (χ0n) is 9.69. The predicted octanol–water partition coefficient (Wildman–Crippen LogP) is 4.09. The molecule has 0 aliphatic carbocycles. The molecule has 0 bridgehead atoms. The van der Waals surface area contributed by atoms with E-state index in [4.69, 9.17) is 17.3 Å². The van der Waals surface area contributed by atoms with E-state index in [-0.39, 0.29) is 5.56 Å². The van der Waals surface area contributed by atoms with Crippen molar-refractivity contribution >= 4 is 11.6 Å². The SMILES string of the molecule is NC(Cc1cccc(F)c1Cl)C(C(F)(F)F)C(F)(F)F. The summed E-state index contributed by atoms with van der Waals surface area (Å²) >= 11 is 5.48. The molecule has 0 aliphatic rings. The van der Waals surface area contributed by atoms with Gasteiger partial charge in [0.15, 0.2) is 5.92 Å². The minimum atomic E-state index is -5.54. The maximum Gasteiger partial charge on any atom is 0.402 e. The van der Waals surface area contributed by atoms with Gasteiger partial charge in [0.25, 0.3) is 0 Å². The minimum Gasteiger partial charge on any atom is -0.327 e. The first-order valence-electron chi connectivity index (χ1n) is 5.26. The highest BCUT2D eigenvalue weighted by molar-refractivity contribution is 6.31. The van der Waals surface area contributed by atoms with E-state index in [0.717, 1.165) is 18.2 Å². The third-order valence-corrected chi connectivity index (χ3v) is 3.04. The summed E-state index contributed by atoms with van der Waals surface area (Å²) < 4.78 is 87.7. The summed E-state index contributed by atoms with van der Waals surface area (Å²) in [6.07, 6.45) is -11.9. The smallest absolute Gasteiger partial charge is 0.327 e. The summed E-state index contributed by atoms with van der Waals surface area (Å²) in [4.78, 5) is 0. The summed E-state index contributed by atoms with van der Waals surface area (Å²) in [5.74, 6) is -4.64. The van der Waals surface area contributed by atoms with Crippen LogP contribution in [0.3, 0.4) is 0 Å². The van der Waals surface area contributed by atoms with Crippen molar-refractivity contribution in [1.82, 2.24) is 0 Å². The van der Waals surface area contributed by atoms with E-state index in [0.29, 0.717) is 0 Å². The van der Waals surface area contributed by atoms with E-state index in [1.54, 1.807) is 0 Å². The average molecular weight is 324 g/mol. The quantitative estimate of drug-likeness (QED) is 0.833. The van der Waals surface area contributed by atoms with Gasteiger partial charge in [0, 0.05) is 6.04 Å². The molecule has 0 radical (unpaired) electrons. The van der Waals surface area contributed by atoms with Gasteiger partial charge in [0.05, 0.1) is 5.02 Å². The molecule has 9 heteroatoms. The fraction of sp³-hybridized carbons (Fsp3) is 0.455. The molecule has 0 amide bonds. The van der Waals surface area contributed by atoms with Gasteiger partial charge in [-0.05, 0) is 18.1 Å². The molecule has 0 saturated carbocycles. The van der Waals surface area contributed by atoms with Gasteiger partial charge in [-0.3, -0.25) is 0 Å². The monoisotopic (exact) mass is 323 g/mol. The first-order valence-corrected chi connectivity index (χ1v) is 5.64. The molecule has 20 heavy (non-hydrogen) atoms. The topological polar surface area (TPSA) is 26.0 Å². The molecule has 1 aromatic carbocycles. The normalized spacial score (nSPS) is 14.7. The van der Waals surface area contributed by atoms with Gasteiger partial charge >= 0.3 is 12.4 Å². The third-order valence-electron chi connectivity index (χ3n) is 2.62. The summed E-state index contributed by atoms with van der Waals surface area (Å²) in [5.41, 5.74) is 4.81. The second-order valence-corrected chi connectivity index (χ2v) is 4.52. The molecule has 0 heterocycles. The molecule has 0 saturated heterocycles. The first-order chi connectivity index (χ1) is 8.94. The van der Waals surface area contributed by atoms with Crippen LogP contribution in [0.2, 0.25) is 5.02 Å². The van der Waals surface area contributed by atoms with Crippen LogP contribution in [0.15, 0.2) is 18.2 Å². The maximum absolute atomic E-state index is 13.1. The first kappa shape index (κ1) is 17.0. The van der Waals surface area contributed by atoms with Gasteiger partial charge in [0.2, 0.25) is 0 Å². The molecule has 1 aromatic rings. The molecule has 0 aliphatic heterocycles. The van der Waals surface area contributed by atoms with E-state index in [1.807, 2.05) is 0 Å². The second kappa shape index (κ2) is 5.77. The molecule has 0 aromatic heterocycles. The van der Waals surface area contributed by atoms with E-state index in [2.05, 4.69) is 0 Å². The summed E-state index contributed by atoms with van der Waals surface area (Å²) in [5, 5.41) is -0.536. The minimum absolute atomic E-state index is 0.210. The van der Waals surface area contributed by atoms with Gasteiger partial charge in [-0.25, -0.2) is 4.39 Å². The van der Waals surface area contributed by atoms with Crippen LogP contribution in [0.4, 0.5) is 30.7 Å². The lowest BCUT2D eigenvalue weighted by molar-refractivity contribution is -0.289. The summed E-state index contributed by atoms with van der Waals surface area (Å²) in [6.45, 7) is 0. The van der Waals surface area contributed by atoms with Gasteiger partial charge < -0.3 is 5.73 Å². The highest BCUT2D eigenvalue weighted by atomic mass is 35.5. The molecule has 1 unspecified atom stereocenters. The molecule has 1 atom stereocenters. The van der Waals surface area contributed by atoms with Crippen LogP contribution in [0.25, 0.3) is 0 Å². The molecule has 0 spiro atoms. The zero-order chi connectivity index (χ0) is 15.7. The van der Waals surface area contributed by atoms with Gasteiger partial charge in [-0.1, -0.05) is 23.7 Å². The Morgan fingerprint density at radius 1 is 1.05 bits per heavy atom. The number of hydrogen-bond donors (Lipinski definition) is 1. The van der Waals surface area contributed by atoms with Crippen LogP contribution in [-0.4, -0.2) is 18.4 Å². The number of alkyl halides is 6. The molecule has 114 valence electrons. The van der Waals surface area contributed by atoms with E-state index in [1.165, 1.54) is 0 Å². The van der Waals surface area contributed by atoms with Crippen molar-refractivity contribution in [3.8, 4) is 0 Å². The standard InChI is InChI=1S/C11H9ClF7N/c12-8-5(2-1-3-6(8)13)4-7(20)9(10(14,15)16)11(17,18)19/h1-3,7,9H,4,20H2. The molecule has 1 nitrogen and oxygen atoms in total. The highest BCUT2D eigenvalue weighted by Gasteiger charge is 2.59. The molecular weight excluding hydrogens is 315 g/mol. The Bertz CT molecular complexity index is 455. The van der Waals surface area contributed by atoms with Crippen LogP contribution < -0.4 is 5.73 Å². The highest BCUT2D eigenvalue weighted by Crippen LogP contribution is 2.41. The van der Waals surface area contributed by atoms with E-state index < -0.39 is 41.6 Å². The van der Waals surface area contributed by atoms with Crippen LogP contribution in [-0.2, 0) is 6.42 Å². The average Bonchev–Trinajstić information content (AvgIpc) is 2.20. The Balaban J connectivity index is 3.04. The van der Waals surface area contributed by atoms with Crippen molar-refractivity contribution in [3.05, 3.63) is 34.6 Å². The zero-order valence-corrected chi connectivity index (χ0v) is 10.5. The number of rotatable bonds is 3. The number of halogens is 8. The second-order valence-electron chi connectivity index (χ2n) is 4.14. The van der Waals surface area contributed by atoms with E-state index in [9.17, 15) is 30.7 Å². The fourth-order valence-electron chi connectivity index (χ4n) is 1.75. The van der Waals surface area contributed by atoms with Gasteiger partial charge in [0.1, 0.15) is 5.82 Å². The van der Waals surface area contributed by atoms with Crippen LogP contribution in [0, 0.1) is 11.7 Å².